The van der Waals surface area contributed by atoms with Crippen LogP contribution in [0.25, 0.3) is 21.0 Å². The van der Waals surface area contributed by atoms with Crippen molar-refractivity contribution >= 4 is 38.2 Å². The Morgan fingerprint density at radius 1 is 1.12 bits per heavy atom. The summed E-state index contributed by atoms with van der Waals surface area (Å²) in [5.41, 5.74) is 0.857. The third-order valence-corrected chi connectivity index (χ3v) is 4.98. The number of nitrogens with one attached hydrogen (secondary N) is 1. The van der Waals surface area contributed by atoms with E-state index >= 15 is 0 Å². The molecule has 0 unspecified atom stereocenters. The van der Waals surface area contributed by atoms with Gasteiger partial charge in [-0.2, -0.15) is 5.10 Å². The van der Waals surface area contributed by atoms with Crippen molar-refractivity contribution in [2.24, 2.45) is 0 Å². The molecular formula is C18H14N4O2S. The number of hydrogen-bond donors (Lipinski definition) is 1. The van der Waals surface area contributed by atoms with Gasteiger partial charge < -0.3 is 4.90 Å². The molecule has 2 aromatic heterocycles. The summed E-state index contributed by atoms with van der Waals surface area (Å²) in [6, 6.07) is 14.8. The molecule has 0 aliphatic rings. The van der Waals surface area contributed by atoms with Gasteiger partial charge in [0, 0.05) is 12.4 Å². The first-order valence-corrected chi connectivity index (χ1v) is 8.52. The number of rotatable bonds is 3. The van der Waals surface area contributed by atoms with Crippen LogP contribution in [0.1, 0.15) is 15.5 Å². The highest BCUT2D eigenvalue weighted by atomic mass is 32.1. The molecule has 124 valence electrons. The van der Waals surface area contributed by atoms with Crippen LogP contribution in [0.15, 0.2) is 53.3 Å². The van der Waals surface area contributed by atoms with E-state index in [1.54, 1.807) is 47.5 Å². The summed E-state index contributed by atoms with van der Waals surface area (Å²) in [6.07, 6.45) is 0. The van der Waals surface area contributed by atoms with E-state index in [4.69, 9.17) is 0 Å². The number of carbonyl (C=O) groups excluding carboxylic acids is 1. The van der Waals surface area contributed by atoms with Crippen molar-refractivity contribution in [3.05, 3.63) is 69.6 Å². The van der Waals surface area contributed by atoms with Crippen molar-refractivity contribution in [2.45, 2.75) is 6.54 Å². The van der Waals surface area contributed by atoms with E-state index in [-0.39, 0.29) is 17.2 Å². The molecule has 1 N–H and O–H groups in total. The normalized spacial score (nSPS) is 11.1. The fourth-order valence-corrected chi connectivity index (χ4v) is 3.74. The SMILES string of the molecule is CN(Cc1nc2ccccc2s1)C(=O)c1n[nH]c(=O)c2ccccc12. The number of fused-ring (bicyclic) bond motifs is 2. The Balaban J connectivity index is 1.66. The molecule has 2 aromatic carbocycles. The zero-order valence-electron chi connectivity index (χ0n) is 13.4. The van der Waals surface area contributed by atoms with Crippen LogP contribution < -0.4 is 5.56 Å². The Labute approximate surface area is 146 Å². The first-order valence-electron chi connectivity index (χ1n) is 7.71. The quantitative estimate of drug-likeness (QED) is 0.616. The van der Waals surface area contributed by atoms with Gasteiger partial charge in [0.05, 0.1) is 22.1 Å². The number of amides is 1. The molecular weight excluding hydrogens is 336 g/mol. The van der Waals surface area contributed by atoms with Crippen LogP contribution in [-0.2, 0) is 6.54 Å². The molecule has 0 atom stereocenters. The maximum atomic E-state index is 12.8. The molecule has 0 saturated heterocycles. The van der Waals surface area contributed by atoms with Gasteiger partial charge in [-0.3, -0.25) is 9.59 Å². The molecule has 0 radical (unpaired) electrons. The van der Waals surface area contributed by atoms with Gasteiger partial charge in [-0.1, -0.05) is 30.3 Å². The molecule has 6 nitrogen and oxygen atoms in total. The smallest absolute Gasteiger partial charge is 0.275 e. The third-order valence-electron chi connectivity index (χ3n) is 3.96. The largest absolute Gasteiger partial charge is 0.334 e. The Bertz CT molecular complexity index is 1120. The molecule has 0 aliphatic carbocycles. The third kappa shape index (κ3) is 2.78. The van der Waals surface area contributed by atoms with Crippen molar-refractivity contribution in [3.63, 3.8) is 0 Å². The lowest BCUT2D eigenvalue weighted by molar-refractivity contribution is 0.0780. The summed E-state index contributed by atoms with van der Waals surface area (Å²) < 4.78 is 1.09. The van der Waals surface area contributed by atoms with E-state index < -0.39 is 0 Å². The van der Waals surface area contributed by atoms with Gasteiger partial charge in [0.25, 0.3) is 11.5 Å². The fourth-order valence-electron chi connectivity index (χ4n) is 2.72. The van der Waals surface area contributed by atoms with Gasteiger partial charge in [0.1, 0.15) is 5.01 Å². The first-order chi connectivity index (χ1) is 12.1. The molecule has 0 spiro atoms. The molecule has 4 aromatic rings. The van der Waals surface area contributed by atoms with Crippen molar-refractivity contribution in [3.8, 4) is 0 Å². The van der Waals surface area contributed by atoms with Gasteiger partial charge in [0.15, 0.2) is 5.69 Å². The molecule has 25 heavy (non-hydrogen) atoms. The zero-order chi connectivity index (χ0) is 17.4. The van der Waals surface area contributed by atoms with Crippen LogP contribution in [0.5, 0.6) is 0 Å². The number of aromatic amines is 1. The topological polar surface area (TPSA) is 79.0 Å². The Morgan fingerprint density at radius 2 is 1.84 bits per heavy atom. The highest BCUT2D eigenvalue weighted by Gasteiger charge is 2.19. The first kappa shape index (κ1) is 15.5. The molecule has 0 bridgehead atoms. The number of carbonyl (C=O) groups is 1. The second-order valence-electron chi connectivity index (χ2n) is 5.68. The highest BCUT2D eigenvalue weighted by Crippen LogP contribution is 2.23. The minimum Gasteiger partial charge on any atom is -0.334 e. The van der Waals surface area contributed by atoms with Crippen molar-refractivity contribution in [2.75, 3.05) is 7.05 Å². The molecule has 0 fully saturated rings. The summed E-state index contributed by atoms with van der Waals surface area (Å²) in [4.78, 5) is 30.8. The fraction of sp³-hybridized carbons (Fsp3) is 0.111. The Morgan fingerprint density at radius 3 is 2.64 bits per heavy atom. The van der Waals surface area contributed by atoms with Gasteiger partial charge in [-0.15, -0.1) is 11.3 Å². The van der Waals surface area contributed by atoms with Crippen molar-refractivity contribution in [1.29, 1.82) is 0 Å². The molecule has 0 saturated carbocycles. The summed E-state index contributed by atoms with van der Waals surface area (Å²) in [5.74, 6) is -0.258. The Kier molecular flexibility index (Phi) is 3.77. The summed E-state index contributed by atoms with van der Waals surface area (Å²) >= 11 is 1.56. The average molecular weight is 350 g/mol. The van der Waals surface area contributed by atoms with Crippen LogP contribution >= 0.6 is 11.3 Å². The minimum atomic E-state index is -0.305. The molecule has 0 aliphatic heterocycles. The minimum absolute atomic E-state index is 0.235. The van der Waals surface area contributed by atoms with E-state index in [0.29, 0.717) is 17.3 Å². The number of nitrogens with zero attached hydrogens (tertiary/aromatic N) is 3. The van der Waals surface area contributed by atoms with Crippen LogP contribution in [0.3, 0.4) is 0 Å². The number of H-pyrrole nitrogens is 1. The number of para-hydroxylation sites is 1. The maximum Gasteiger partial charge on any atom is 0.275 e. The van der Waals surface area contributed by atoms with E-state index in [9.17, 15) is 9.59 Å². The van der Waals surface area contributed by atoms with Crippen molar-refractivity contribution < 1.29 is 4.79 Å². The van der Waals surface area contributed by atoms with E-state index in [0.717, 1.165) is 15.2 Å². The summed E-state index contributed by atoms with van der Waals surface area (Å²) in [5, 5.41) is 8.22. The molecule has 2 heterocycles. The second kappa shape index (κ2) is 6.10. The second-order valence-corrected chi connectivity index (χ2v) is 6.80. The number of thiazole rings is 1. The molecule has 7 heteroatoms. The van der Waals surface area contributed by atoms with Crippen LogP contribution in [0.4, 0.5) is 0 Å². The Hall–Kier alpha value is -3.06. The maximum absolute atomic E-state index is 12.8. The van der Waals surface area contributed by atoms with Gasteiger partial charge in [-0.05, 0) is 18.2 Å². The van der Waals surface area contributed by atoms with Crippen LogP contribution in [-0.4, -0.2) is 33.0 Å². The lowest BCUT2D eigenvalue weighted by Crippen LogP contribution is -2.28. The van der Waals surface area contributed by atoms with Crippen molar-refractivity contribution in [1.82, 2.24) is 20.1 Å². The molecule has 1 amide bonds. The zero-order valence-corrected chi connectivity index (χ0v) is 14.2. The van der Waals surface area contributed by atoms with E-state index in [2.05, 4.69) is 15.2 Å². The monoisotopic (exact) mass is 350 g/mol. The number of hydrogen-bond acceptors (Lipinski definition) is 5. The summed E-state index contributed by atoms with van der Waals surface area (Å²) in [6.45, 7) is 0.382. The van der Waals surface area contributed by atoms with E-state index in [1.807, 2.05) is 24.3 Å². The predicted octanol–water partition coefficient (Wildman–Crippen LogP) is 2.81. The number of aromatic nitrogens is 3. The lowest BCUT2D eigenvalue weighted by atomic mass is 10.1. The van der Waals surface area contributed by atoms with Crippen LogP contribution in [0, 0.1) is 0 Å². The standard InChI is InChI=1S/C18H14N4O2S/c1-22(10-15-19-13-8-4-5-9-14(13)25-15)18(24)16-11-6-2-3-7-12(11)17(23)21-20-16/h2-9H,10H2,1H3,(H,21,23). The summed E-state index contributed by atoms with van der Waals surface area (Å²) in [7, 11) is 1.70. The van der Waals surface area contributed by atoms with Gasteiger partial charge in [-0.25, -0.2) is 10.1 Å². The average Bonchev–Trinajstić information content (AvgIpc) is 3.04. The predicted molar refractivity (Wildman–Crippen MR) is 97.8 cm³/mol. The molecule has 4 rings (SSSR count). The van der Waals surface area contributed by atoms with E-state index in [1.165, 1.54) is 0 Å². The number of benzene rings is 2. The van der Waals surface area contributed by atoms with Crippen LogP contribution in [0.2, 0.25) is 0 Å². The van der Waals surface area contributed by atoms with Gasteiger partial charge in [0.2, 0.25) is 0 Å². The highest BCUT2D eigenvalue weighted by molar-refractivity contribution is 7.18. The van der Waals surface area contributed by atoms with Gasteiger partial charge >= 0.3 is 0 Å². The lowest BCUT2D eigenvalue weighted by Gasteiger charge is -2.15.